The highest BCUT2D eigenvalue weighted by atomic mass is 16.1. The molecule has 0 bridgehead atoms. The Bertz CT molecular complexity index is 400. The van der Waals surface area contributed by atoms with Gasteiger partial charge in [-0.3, -0.25) is 9.78 Å². The van der Waals surface area contributed by atoms with Crippen molar-refractivity contribution >= 4 is 5.91 Å². The van der Waals surface area contributed by atoms with Crippen LogP contribution in [0.5, 0.6) is 0 Å². The van der Waals surface area contributed by atoms with Crippen LogP contribution in [0.2, 0.25) is 0 Å². The first kappa shape index (κ1) is 13.0. The molecule has 1 aromatic rings. The summed E-state index contributed by atoms with van der Waals surface area (Å²) in [6.07, 6.45) is 4.80. The van der Waals surface area contributed by atoms with Crippen LogP contribution in [0.4, 0.5) is 0 Å². The predicted octanol–water partition coefficient (Wildman–Crippen LogP) is 1.26. The van der Waals surface area contributed by atoms with Crippen molar-refractivity contribution in [1.29, 1.82) is 0 Å². The van der Waals surface area contributed by atoms with Crippen LogP contribution in [-0.4, -0.2) is 24.0 Å². The lowest BCUT2D eigenvalue weighted by molar-refractivity contribution is -0.125. The lowest BCUT2D eigenvalue weighted by Crippen LogP contribution is -2.40. The van der Waals surface area contributed by atoms with Crippen molar-refractivity contribution in [2.24, 2.45) is 5.92 Å². The van der Waals surface area contributed by atoms with Crippen LogP contribution in [-0.2, 0) is 17.8 Å². The highest BCUT2D eigenvalue weighted by Crippen LogP contribution is 2.11. The van der Waals surface area contributed by atoms with E-state index < -0.39 is 0 Å². The Morgan fingerprint density at radius 2 is 2.50 bits per heavy atom. The molecule has 1 aliphatic rings. The summed E-state index contributed by atoms with van der Waals surface area (Å²) in [5.74, 6) is 0.266. The van der Waals surface area contributed by atoms with Crippen molar-refractivity contribution < 1.29 is 4.79 Å². The van der Waals surface area contributed by atoms with E-state index in [1.807, 2.05) is 6.07 Å². The quantitative estimate of drug-likeness (QED) is 0.842. The molecule has 1 aromatic heterocycles. The molecule has 1 atom stereocenters. The monoisotopic (exact) mass is 247 g/mol. The Morgan fingerprint density at radius 3 is 3.22 bits per heavy atom. The molecule has 98 valence electrons. The number of carbonyl (C=O) groups is 1. The summed E-state index contributed by atoms with van der Waals surface area (Å²) >= 11 is 0. The van der Waals surface area contributed by atoms with Crippen molar-refractivity contribution in [3.8, 4) is 0 Å². The lowest BCUT2D eigenvalue weighted by Gasteiger charge is -2.22. The molecule has 0 spiro atoms. The number of carbonyl (C=O) groups excluding carboxylic acids is 1. The first-order valence-corrected chi connectivity index (χ1v) is 6.72. The summed E-state index contributed by atoms with van der Waals surface area (Å²) in [6, 6.07) is 4.01. The van der Waals surface area contributed by atoms with Gasteiger partial charge < -0.3 is 10.6 Å². The molecule has 1 amide bonds. The zero-order valence-corrected chi connectivity index (χ0v) is 10.9. The van der Waals surface area contributed by atoms with Crippen LogP contribution < -0.4 is 10.6 Å². The maximum Gasteiger partial charge on any atom is 0.224 e. The van der Waals surface area contributed by atoms with Gasteiger partial charge in [0.15, 0.2) is 0 Å². The molecule has 18 heavy (non-hydrogen) atoms. The summed E-state index contributed by atoms with van der Waals surface area (Å²) in [4.78, 5) is 16.3. The second-order valence-corrected chi connectivity index (χ2v) is 4.72. The molecule has 0 aliphatic carbocycles. The molecular weight excluding hydrogens is 226 g/mol. The maximum atomic E-state index is 12.0. The molecule has 2 rings (SSSR count). The normalized spacial score (nSPS) is 19.5. The molecule has 2 N–H and O–H groups in total. The molecule has 1 fully saturated rings. The highest BCUT2D eigenvalue weighted by molar-refractivity contribution is 5.78. The number of nitrogens with zero attached hydrogens (tertiary/aromatic N) is 1. The first-order valence-electron chi connectivity index (χ1n) is 6.72. The Morgan fingerprint density at radius 1 is 1.61 bits per heavy atom. The topological polar surface area (TPSA) is 54.0 Å². The number of hydrogen-bond acceptors (Lipinski definition) is 3. The van der Waals surface area contributed by atoms with Gasteiger partial charge in [-0.2, -0.15) is 0 Å². The van der Waals surface area contributed by atoms with Crippen LogP contribution in [0, 0.1) is 5.92 Å². The van der Waals surface area contributed by atoms with Crippen molar-refractivity contribution in [1.82, 2.24) is 15.6 Å². The summed E-state index contributed by atoms with van der Waals surface area (Å²) in [7, 11) is 0. The third-order valence-corrected chi connectivity index (χ3v) is 3.46. The Labute approximate surface area is 108 Å². The minimum atomic E-state index is 0.118. The van der Waals surface area contributed by atoms with E-state index >= 15 is 0 Å². The summed E-state index contributed by atoms with van der Waals surface area (Å²) in [5.41, 5.74) is 2.19. The molecule has 1 aliphatic heterocycles. The van der Waals surface area contributed by atoms with E-state index in [1.165, 1.54) is 5.56 Å². The van der Waals surface area contributed by atoms with Gasteiger partial charge in [0.25, 0.3) is 0 Å². The van der Waals surface area contributed by atoms with Gasteiger partial charge in [0.05, 0.1) is 18.2 Å². The summed E-state index contributed by atoms with van der Waals surface area (Å²) < 4.78 is 0. The third kappa shape index (κ3) is 3.29. The number of aromatic nitrogens is 1. The Balaban J connectivity index is 1.88. The second kappa shape index (κ2) is 6.50. The summed E-state index contributed by atoms with van der Waals surface area (Å²) in [6.45, 7) is 4.48. The van der Waals surface area contributed by atoms with Crippen molar-refractivity contribution in [3.05, 3.63) is 29.6 Å². The number of aryl methyl sites for hydroxylation is 1. The van der Waals surface area contributed by atoms with Crippen LogP contribution in [0.3, 0.4) is 0 Å². The average Bonchev–Trinajstić information content (AvgIpc) is 2.46. The van der Waals surface area contributed by atoms with Gasteiger partial charge in [0, 0.05) is 12.7 Å². The average molecular weight is 247 g/mol. The highest BCUT2D eigenvalue weighted by Gasteiger charge is 2.20. The fourth-order valence-corrected chi connectivity index (χ4v) is 2.34. The van der Waals surface area contributed by atoms with Gasteiger partial charge in [-0.25, -0.2) is 0 Å². The Kier molecular flexibility index (Phi) is 4.70. The number of piperidine rings is 1. The molecule has 4 nitrogen and oxygen atoms in total. The fourth-order valence-electron chi connectivity index (χ4n) is 2.34. The standard InChI is InChI=1S/C14H21N3O/c1-2-11-5-4-8-16-13(11)10-17-14(18)12-6-3-7-15-9-12/h4-5,8,12,15H,2-3,6-7,9-10H2,1H3,(H,17,18). The molecule has 0 aromatic carbocycles. The van der Waals surface area contributed by atoms with Crippen molar-refractivity contribution in [3.63, 3.8) is 0 Å². The van der Waals surface area contributed by atoms with Crippen molar-refractivity contribution in [2.75, 3.05) is 13.1 Å². The van der Waals surface area contributed by atoms with Gasteiger partial charge in [0.1, 0.15) is 0 Å². The number of rotatable bonds is 4. The van der Waals surface area contributed by atoms with Crippen LogP contribution in [0.15, 0.2) is 18.3 Å². The molecular formula is C14H21N3O. The Hall–Kier alpha value is -1.42. The maximum absolute atomic E-state index is 12.0. The van der Waals surface area contributed by atoms with Gasteiger partial charge in [-0.1, -0.05) is 13.0 Å². The summed E-state index contributed by atoms with van der Waals surface area (Å²) in [5, 5.41) is 6.26. The van der Waals surface area contributed by atoms with Crippen molar-refractivity contribution in [2.45, 2.75) is 32.7 Å². The fraction of sp³-hybridized carbons (Fsp3) is 0.571. The minimum absolute atomic E-state index is 0.118. The minimum Gasteiger partial charge on any atom is -0.350 e. The molecule has 1 saturated heterocycles. The molecule has 2 heterocycles. The van der Waals surface area contributed by atoms with E-state index in [4.69, 9.17) is 0 Å². The molecule has 0 radical (unpaired) electrons. The van der Waals surface area contributed by atoms with E-state index in [-0.39, 0.29) is 11.8 Å². The smallest absolute Gasteiger partial charge is 0.224 e. The van der Waals surface area contributed by atoms with Gasteiger partial charge in [-0.05, 0) is 37.4 Å². The van der Waals surface area contributed by atoms with E-state index in [0.29, 0.717) is 6.54 Å². The third-order valence-electron chi connectivity index (χ3n) is 3.46. The van der Waals surface area contributed by atoms with Gasteiger partial charge in [-0.15, -0.1) is 0 Å². The lowest BCUT2D eigenvalue weighted by atomic mass is 9.99. The number of amides is 1. The number of nitrogens with one attached hydrogen (secondary N) is 2. The first-order chi connectivity index (χ1) is 8.81. The number of pyridine rings is 1. The molecule has 1 unspecified atom stereocenters. The van der Waals surface area contributed by atoms with Crippen LogP contribution >= 0.6 is 0 Å². The SMILES string of the molecule is CCc1cccnc1CNC(=O)C1CCCNC1. The predicted molar refractivity (Wildman–Crippen MR) is 71.1 cm³/mol. The van der Waals surface area contributed by atoms with Gasteiger partial charge >= 0.3 is 0 Å². The van der Waals surface area contributed by atoms with Gasteiger partial charge in [0.2, 0.25) is 5.91 Å². The molecule has 4 heteroatoms. The van der Waals surface area contributed by atoms with E-state index in [9.17, 15) is 4.79 Å². The van der Waals surface area contributed by atoms with E-state index in [0.717, 1.165) is 38.0 Å². The molecule has 0 saturated carbocycles. The van der Waals surface area contributed by atoms with E-state index in [2.05, 4.69) is 28.6 Å². The number of hydrogen-bond donors (Lipinski definition) is 2. The zero-order chi connectivity index (χ0) is 12.8. The van der Waals surface area contributed by atoms with Crippen LogP contribution in [0.25, 0.3) is 0 Å². The zero-order valence-electron chi connectivity index (χ0n) is 10.9. The van der Waals surface area contributed by atoms with E-state index in [1.54, 1.807) is 6.20 Å². The van der Waals surface area contributed by atoms with Crippen LogP contribution in [0.1, 0.15) is 31.0 Å². The largest absolute Gasteiger partial charge is 0.350 e. The second-order valence-electron chi connectivity index (χ2n) is 4.72.